The number of benzene rings is 1. The predicted molar refractivity (Wildman–Crippen MR) is 54.3 cm³/mol. The number of amides is 1. The Morgan fingerprint density at radius 3 is 2.93 bits per heavy atom. The van der Waals surface area contributed by atoms with Crippen molar-refractivity contribution >= 4 is 16.9 Å². The van der Waals surface area contributed by atoms with E-state index in [9.17, 15) is 4.79 Å². The van der Waals surface area contributed by atoms with Gasteiger partial charge in [0.1, 0.15) is 11.3 Å². The molecule has 1 aromatic carbocycles. The average molecular weight is 189 g/mol. The Hall–Kier alpha value is -1.77. The van der Waals surface area contributed by atoms with Crippen LogP contribution in [0.15, 0.2) is 28.7 Å². The lowest BCUT2D eigenvalue weighted by Crippen LogP contribution is -2.17. The van der Waals surface area contributed by atoms with Crippen molar-refractivity contribution in [2.75, 3.05) is 7.05 Å². The third kappa shape index (κ3) is 1.27. The number of carbonyl (C=O) groups is 1. The molecule has 0 aliphatic rings. The van der Waals surface area contributed by atoms with Gasteiger partial charge in [-0.25, -0.2) is 0 Å². The fourth-order valence-corrected chi connectivity index (χ4v) is 1.51. The molecule has 0 saturated heterocycles. The van der Waals surface area contributed by atoms with E-state index < -0.39 is 0 Å². The Bertz CT molecular complexity index is 485. The van der Waals surface area contributed by atoms with Crippen molar-refractivity contribution < 1.29 is 9.21 Å². The number of para-hydroxylation sites is 1. The summed E-state index contributed by atoms with van der Waals surface area (Å²) in [6.45, 7) is 1.87. The molecule has 2 rings (SSSR count). The van der Waals surface area contributed by atoms with Crippen molar-refractivity contribution in [2.24, 2.45) is 0 Å². The molecule has 1 heterocycles. The first kappa shape index (κ1) is 8.81. The lowest BCUT2D eigenvalue weighted by atomic mass is 10.1. The summed E-state index contributed by atoms with van der Waals surface area (Å²) in [7, 11) is 1.61. The molecule has 0 aliphatic carbocycles. The largest absolute Gasteiger partial charge is 0.461 e. The number of fused-ring (bicyclic) bond motifs is 1. The maximum Gasteiger partial charge on any atom is 0.254 e. The second kappa shape index (κ2) is 3.18. The molecule has 72 valence electrons. The second-order valence-electron chi connectivity index (χ2n) is 3.16. The van der Waals surface area contributed by atoms with Crippen molar-refractivity contribution in [3.8, 4) is 0 Å². The molecule has 0 fully saturated rings. The van der Waals surface area contributed by atoms with Crippen molar-refractivity contribution in [1.82, 2.24) is 5.32 Å². The highest BCUT2D eigenvalue weighted by Gasteiger charge is 2.11. The minimum atomic E-state index is -0.120. The predicted octanol–water partition coefficient (Wildman–Crippen LogP) is 2.10. The molecule has 0 spiro atoms. The number of rotatable bonds is 1. The van der Waals surface area contributed by atoms with Gasteiger partial charge >= 0.3 is 0 Å². The van der Waals surface area contributed by atoms with E-state index in [2.05, 4.69) is 5.32 Å². The molecule has 0 bridgehead atoms. The summed E-state index contributed by atoms with van der Waals surface area (Å²) < 4.78 is 5.46. The lowest BCUT2D eigenvalue weighted by molar-refractivity contribution is 0.0964. The van der Waals surface area contributed by atoms with Crippen LogP contribution in [0.4, 0.5) is 0 Å². The van der Waals surface area contributed by atoms with Gasteiger partial charge in [0.2, 0.25) is 0 Å². The Morgan fingerprint density at radius 2 is 2.21 bits per heavy atom. The van der Waals surface area contributed by atoms with Crippen LogP contribution < -0.4 is 5.32 Å². The maximum absolute atomic E-state index is 11.5. The standard InChI is InChI=1S/C11H11NO2/c1-7-6-8-4-3-5-9(10(8)14-7)11(13)12-2/h3-6H,1-2H3,(H,12,13). The van der Waals surface area contributed by atoms with E-state index in [0.29, 0.717) is 11.1 Å². The van der Waals surface area contributed by atoms with Crippen LogP contribution in [0.25, 0.3) is 11.0 Å². The molecule has 3 nitrogen and oxygen atoms in total. The first-order valence-corrected chi connectivity index (χ1v) is 4.43. The Kier molecular flexibility index (Phi) is 2.00. The van der Waals surface area contributed by atoms with Crippen molar-refractivity contribution in [1.29, 1.82) is 0 Å². The van der Waals surface area contributed by atoms with Crippen LogP contribution in [0.2, 0.25) is 0 Å². The fraction of sp³-hybridized carbons (Fsp3) is 0.182. The van der Waals surface area contributed by atoms with Crippen LogP contribution >= 0.6 is 0 Å². The summed E-state index contributed by atoms with van der Waals surface area (Å²) in [6, 6.07) is 7.45. The van der Waals surface area contributed by atoms with Crippen LogP contribution in [0, 0.1) is 6.92 Å². The van der Waals surface area contributed by atoms with E-state index in [-0.39, 0.29) is 5.91 Å². The van der Waals surface area contributed by atoms with Crippen LogP contribution in [0.3, 0.4) is 0 Å². The molecular weight excluding hydrogens is 178 g/mol. The molecule has 0 aliphatic heterocycles. The molecule has 1 N–H and O–H groups in total. The van der Waals surface area contributed by atoms with Crippen LogP contribution in [0.1, 0.15) is 16.1 Å². The van der Waals surface area contributed by atoms with E-state index >= 15 is 0 Å². The monoisotopic (exact) mass is 189 g/mol. The summed E-state index contributed by atoms with van der Waals surface area (Å²) in [5.41, 5.74) is 1.24. The van der Waals surface area contributed by atoms with Gasteiger partial charge in [-0.2, -0.15) is 0 Å². The van der Waals surface area contributed by atoms with Gasteiger partial charge in [0, 0.05) is 12.4 Å². The molecule has 3 heteroatoms. The van der Waals surface area contributed by atoms with E-state index in [1.807, 2.05) is 25.1 Å². The first-order chi connectivity index (χ1) is 6.72. The summed E-state index contributed by atoms with van der Waals surface area (Å²) in [5.74, 6) is 0.696. The number of hydrogen-bond donors (Lipinski definition) is 1. The summed E-state index contributed by atoms with van der Waals surface area (Å²) in [6.07, 6.45) is 0. The summed E-state index contributed by atoms with van der Waals surface area (Å²) >= 11 is 0. The van der Waals surface area contributed by atoms with Gasteiger partial charge in [0.05, 0.1) is 5.56 Å². The first-order valence-electron chi connectivity index (χ1n) is 4.43. The molecule has 0 unspecified atom stereocenters. The number of aryl methyl sites for hydroxylation is 1. The van der Waals surface area contributed by atoms with Gasteiger partial charge in [-0.1, -0.05) is 12.1 Å². The number of carbonyl (C=O) groups excluding carboxylic acids is 1. The number of nitrogens with one attached hydrogen (secondary N) is 1. The third-order valence-electron chi connectivity index (χ3n) is 2.14. The van der Waals surface area contributed by atoms with Gasteiger partial charge in [0.15, 0.2) is 0 Å². The zero-order valence-corrected chi connectivity index (χ0v) is 8.13. The Morgan fingerprint density at radius 1 is 1.43 bits per heavy atom. The maximum atomic E-state index is 11.5. The van der Waals surface area contributed by atoms with E-state index in [1.165, 1.54) is 0 Å². The summed E-state index contributed by atoms with van der Waals surface area (Å²) in [5, 5.41) is 3.55. The highest BCUT2D eigenvalue weighted by Crippen LogP contribution is 2.22. The zero-order valence-electron chi connectivity index (χ0n) is 8.13. The quantitative estimate of drug-likeness (QED) is 0.746. The van der Waals surface area contributed by atoms with Gasteiger partial charge < -0.3 is 9.73 Å². The SMILES string of the molecule is CNC(=O)c1cccc2cc(C)oc12. The topological polar surface area (TPSA) is 42.2 Å². The number of furan rings is 1. The zero-order chi connectivity index (χ0) is 10.1. The minimum Gasteiger partial charge on any atom is -0.461 e. The molecule has 1 aromatic heterocycles. The molecule has 2 aromatic rings. The average Bonchev–Trinajstić information content (AvgIpc) is 2.56. The van der Waals surface area contributed by atoms with Gasteiger partial charge in [-0.05, 0) is 19.1 Å². The summed E-state index contributed by atoms with van der Waals surface area (Å²) in [4.78, 5) is 11.5. The highest BCUT2D eigenvalue weighted by molar-refractivity contribution is 6.04. The second-order valence-corrected chi connectivity index (χ2v) is 3.16. The highest BCUT2D eigenvalue weighted by atomic mass is 16.3. The molecule has 1 amide bonds. The van der Waals surface area contributed by atoms with Crippen molar-refractivity contribution in [3.63, 3.8) is 0 Å². The van der Waals surface area contributed by atoms with E-state index in [0.717, 1.165) is 11.1 Å². The van der Waals surface area contributed by atoms with E-state index in [1.54, 1.807) is 13.1 Å². The van der Waals surface area contributed by atoms with Crippen molar-refractivity contribution in [2.45, 2.75) is 6.92 Å². The van der Waals surface area contributed by atoms with Gasteiger partial charge in [-0.15, -0.1) is 0 Å². The molecule has 0 radical (unpaired) electrons. The Balaban J connectivity index is 2.70. The van der Waals surface area contributed by atoms with Gasteiger partial charge in [-0.3, -0.25) is 4.79 Å². The molecule has 0 atom stereocenters. The molecular formula is C11H11NO2. The van der Waals surface area contributed by atoms with Crippen LogP contribution in [0.5, 0.6) is 0 Å². The van der Waals surface area contributed by atoms with Crippen molar-refractivity contribution in [3.05, 3.63) is 35.6 Å². The van der Waals surface area contributed by atoms with Gasteiger partial charge in [0.25, 0.3) is 5.91 Å². The van der Waals surface area contributed by atoms with E-state index in [4.69, 9.17) is 4.42 Å². The van der Waals surface area contributed by atoms with Crippen LogP contribution in [-0.2, 0) is 0 Å². The Labute approximate surface area is 81.7 Å². The molecule has 0 saturated carbocycles. The normalized spacial score (nSPS) is 10.4. The fourth-order valence-electron chi connectivity index (χ4n) is 1.51. The third-order valence-corrected chi connectivity index (χ3v) is 2.14. The van der Waals surface area contributed by atoms with Crippen LogP contribution in [-0.4, -0.2) is 13.0 Å². The number of hydrogen-bond acceptors (Lipinski definition) is 2. The minimum absolute atomic E-state index is 0.120. The smallest absolute Gasteiger partial charge is 0.254 e. The lowest BCUT2D eigenvalue weighted by Gasteiger charge is -1.99. The molecule has 14 heavy (non-hydrogen) atoms.